The predicted molar refractivity (Wildman–Crippen MR) is 107 cm³/mol. The minimum absolute atomic E-state index is 0.0145. The summed E-state index contributed by atoms with van der Waals surface area (Å²) in [5.74, 6) is -0.493. The third kappa shape index (κ3) is 4.34. The maximum Gasteiger partial charge on any atom is 0.270 e. The summed E-state index contributed by atoms with van der Waals surface area (Å²) in [6, 6.07) is 7.63. The fourth-order valence-electron chi connectivity index (χ4n) is 3.01. The molecule has 0 saturated carbocycles. The Morgan fingerprint density at radius 2 is 1.90 bits per heavy atom. The molecule has 1 N–H and O–H groups in total. The van der Waals surface area contributed by atoms with Gasteiger partial charge in [-0.2, -0.15) is 4.31 Å². The Morgan fingerprint density at radius 3 is 2.52 bits per heavy atom. The molecule has 11 heteroatoms. The van der Waals surface area contributed by atoms with E-state index in [0.29, 0.717) is 13.1 Å². The fraction of sp³-hybridized carbons (Fsp3) is 0.278. The van der Waals surface area contributed by atoms with Crippen molar-refractivity contribution < 1.29 is 22.9 Å². The second-order valence-electron chi connectivity index (χ2n) is 6.35. The molecule has 0 spiro atoms. The number of amides is 1. The molecule has 29 heavy (non-hydrogen) atoms. The average Bonchev–Trinajstić information content (AvgIpc) is 3.23. The van der Waals surface area contributed by atoms with E-state index in [2.05, 4.69) is 5.32 Å². The molecule has 1 aliphatic heterocycles. The second-order valence-corrected chi connectivity index (χ2v) is 8.69. The maximum absolute atomic E-state index is 12.8. The zero-order chi connectivity index (χ0) is 21.2. The molecule has 2 aromatic carbocycles. The van der Waals surface area contributed by atoms with Gasteiger partial charge < -0.3 is 10.1 Å². The van der Waals surface area contributed by atoms with Crippen molar-refractivity contribution in [1.82, 2.24) is 4.31 Å². The van der Waals surface area contributed by atoms with Crippen molar-refractivity contribution in [2.24, 2.45) is 0 Å². The van der Waals surface area contributed by atoms with Gasteiger partial charge in [0.2, 0.25) is 10.0 Å². The molecule has 9 nitrogen and oxygen atoms in total. The van der Waals surface area contributed by atoms with E-state index in [0.717, 1.165) is 18.9 Å². The largest absolute Gasteiger partial charge is 0.495 e. The normalized spacial score (nSPS) is 14.6. The summed E-state index contributed by atoms with van der Waals surface area (Å²) in [6.45, 7) is 0.888. The Balaban J connectivity index is 1.95. The van der Waals surface area contributed by atoms with Gasteiger partial charge in [0.15, 0.2) is 0 Å². The molecule has 1 fully saturated rings. The Kier molecular flexibility index (Phi) is 6.06. The lowest BCUT2D eigenvalue weighted by Crippen LogP contribution is -2.28. The molecule has 2 aromatic rings. The quantitative estimate of drug-likeness (QED) is 0.544. The van der Waals surface area contributed by atoms with E-state index in [4.69, 9.17) is 16.3 Å². The number of non-ortho nitro benzene ring substituents is 1. The van der Waals surface area contributed by atoms with E-state index in [1.165, 1.54) is 41.7 Å². The number of nitro benzene ring substituents is 1. The first-order valence-corrected chi connectivity index (χ1v) is 10.5. The van der Waals surface area contributed by atoms with Gasteiger partial charge in [0.05, 0.1) is 33.2 Å². The number of ether oxygens (including phenoxy) is 1. The summed E-state index contributed by atoms with van der Waals surface area (Å²) in [6.07, 6.45) is 1.59. The van der Waals surface area contributed by atoms with Crippen LogP contribution >= 0.6 is 11.6 Å². The average molecular weight is 440 g/mol. The number of nitrogens with one attached hydrogen (secondary N) is 1. The minimum atomic E-state index is -3.70. The Morgan fingerprint density at radius 1 is 1.21 bits per heavy atom. The topological polar surface area (TPSA) is 119 Å². The van der Waals surface area contributed by atoms with Crippen molar-refractivity contribution in [3.63, 3.8) is 0 Å². The van der Waals surface area contributed by atoms with Crippen LogP contribution in [0, 0.1) is 10.1 Å². The molecule has 1 saturated heterocycles. The predicted octanol–water partition coefficient (Wildman–Crippen LogP) is 3.29. The number of nitro groups is 1. The number of carbonyl (C=O) groups is 1. The molecule has 0 aliphatic carbocycles. The minimum Gasteiger partial charge on any atom is -0.495 e. The Labute approximate surface area is 172 Å². The number of hydrogen-bond donors (Lipinski definition) is 1. The number of anilines is 1. The van der Waals surface area contributed by atoms with Crippen LogP contribution in [0.4, 0.5) is 11.4 Å². The molecule has 1 aliphatic rings. The van der Waals surface area contributed by atoms with Crippen molar-refractivity contribution in [3.05, 3.63) is 57.1 Å². The first kappa shape index (κ1) is 21.0. The molecule has 154 valence electrons. The standard InChI is InChI=1S/C18H18ClN3O6S/c1-28-17-7-5-13(29(26,27)21-8-2-3-9-21)11-16(17)20-18(23)14-10-12(22(24)25)4-6-15(14)19/h4-7,10-11H,2-3,8-9H2,1H3,(H,20,23). The van der Waals surface area contributed by atoms with Crippen molar-refractivity contribution in [2.75, 3.05) is 25.5 Å². The summed E-state index contributed by atoms with van der Waals surface area (Å²) in [5, 5.41) is 13.5. The number of benzene rings is 2. The number of rotatable bonds is 6. The first-order valence-electron chi connectivity index (χ1n) is 8.67. The van der Waals surface area contributed by atoms with Crippen LogP contribution in [0.15, 0.2) is 41.3 Å². The van der Waals surface area contributed by atoms with E-state index in [1.54, 1.807) is 0 Å². The van der Waals surface area contributed by atoms with Gasteiger partial charge in [-0.05, 0) is 37.1 Å². The van der Waals surface area contributed by atoms with E-state index < -0.39 is 20.9 Å². The molecular formula is C18H18ClN3O6S. The van der Waals surface area contributed by atoms with Crippen LogP contribution in [-0.2, 0) is 10.0 Å². The lowest BCUT2D eigenvalue weighted by atomic mass is 10.1. The highest BCUT2D eigenvalue weighted by Gasteiger charge is 2.28. The van der Waals surface area contributed by atoms with Crippen molar-refractivity contribution in [2.45, 2.75) is 17.7 Å². The van der Waals surface area contributed by atoms with Gasteiger partial charge in [0.1, 0.15) is 5.75 Å². The van der Waals surface area contributed by atoms with Gasteiger partial charge in [-0.15, -0.1) is 0 Å². The molecule has 0 aromatic heterocycles. The summed E-state index contributed by atoms with van der Waals surface area (Å²) in [5.41, 5.74) is -0.298. The summed E-state index contributed by atoms with van der Waals surface area (Å²) in [4.78, 5) is 23.0. The zero-order valence-electron chi connectivity index (χ0n) is 15.4. The highest BCUT2D eigenvalue weighted by Crippen LogP contribution is 2.31. The van der Waals surface area contributed by atoms with Crippen molar-refractivity contribution >= 4 is 38.9 Å². The molecule has 1 amide bonds. The van der Waals surface area contributed by atoms with Crippen LogP contribution in [0.3, 0.4) is 0 Å². The monoisotopic (exact) mass is 439 g/mol. The van der Waals surface area contributed by atoms with Crippen LogP contribution < -0.4 is 10.1 Å². The fourth-order valence-corrected chi connectivity index (χ4v) is 4.76. The van der Waals surface area contributed by atoms with Gasteiger partial charge in [-0.1, -0.05) is 11.6 Å². The van der Waals surface area contributed by atoms with Crippen LogP contribution in [0.1, 0.15) is 23.2 Å². The van der Waals surface area contributed by atoms with Crippen molar-refractivity contribution in [3.8, 4) is 5.75 Å². The molecule has 0 bridgehead atoms. The number of nitrogens with zero attached hydrogens (tertiary/aromatic N) is 2. The van der Waals surface area contributed by atoms with E-state index >= 15 is 0 Å². The lowest BCUT2D eigenvalue weighted by Gasteiger charge is -2.17. The SMILES string of the molecule is COc1ccc(S(=O)(=O)N2CCCC2)cc1NC(=O)c1cc([N+](=O)[O-])ccc1Cl. The van der Waals surface area contributed by atoms with Crippen molar-refractivity contribution in [1.29, 1.82) is 0 Å². The van der Waals surface area contributed by atoms with E-state index in [-0.39, 0.29) is 32.6 Å². The maximum atomic E-state index is 12.8. The second kappa shape index (κ2) is 8.36. The van der Waals surface area contributed by atoms with Gasteiger partial charge in [0, 0.05) is 25.2 Å². The van der Waals surface area contributed by atoms with Crippen LogP contribution in [0.5, 0.6) is 5.75 Å². The zero-order valence-corrected chi connectivity index (χ0v) is 17.0. The molecular weight excluding hydrogens is 422 g/mol. The van der Waals surface area contributed by atoms with Gasteiger partial charge in [-0.3, -0.25) is 14.9 Å². The highest BCUT2D eigenvalue weighted by molar-refractivity contribution is 7.89. The van der Waals surface area contributed by atoms with Crippen LogP contribution in [-0.4, -0.2) is 43.8 Å². The van der Waals surface area contributed by atoms with Gasteiger partial charge >= 0.3 is 0 Å². The molecule has 0 unspecified atom stereocenters. The number of methoxy groups -OCH3 is 1. The molecule has 3 rings (SSSR count). The highest BCUT2D eigenvalue weighted by atomic mass is 35.5. The first-order chi connectivity index (χ1) is 13.7. The molecule has 1 heterocycles. The van der Waals surface area contributed by atoms with Gasteiger partial charge in [0.25, 0.3) is 11.6 Å². The summed E-state index contributed by atoms with van der Waals surface area (Å²) < 4.78 is 32.2. The van der Waals surface area contributed by atoms with Crippen LogP contribution in [0.2, 0.25) is 5.02 Å². The smallest absolute Gasteiger partial charge is 0.270 e. The Bertz CT molecular complexity index is 1070. The number of sulfonamides is 1. The summed E-state index contributed by atoms with van der Waals surface area (Å²) >= 11 is 6.01. The third-order valence-corrected chi connectivity index (χ3v) is 6.75. The van der Waals surface area contributed by atoms with Crippen LogP contribution in [0.25, 0.3) is 0 Å². The number of hydrogen-bond acceptors (Lipinski definition) is 6. The molecule has 0 atom stereocenters. The third-order valence-electron chi connectivity index (χ3n) is 4.53. The van der Waals surface area contributed by atoms with E-state index in [1.807, 2.05) is 0 Å². The van der Waals surface area contributed by atoms with Gasteiger partial charge in [-0.25, -0.2) is 8.42 Å². The number of halogens is 1. The number of carbonyl (C=O) groups excluding carboxylic acids is 1. The van der Waals surface area contributed by atoms with E-state index in [9.17, 15) is 23.3 Å². The lowest BCUT2D eigenvalue weighted by molar-refractivity contribution is -0.384. The summed E-state index contributed by atoms with van der Waals surface area (Å²) in [7, 11) is -2.33. The molecule has 0 radical (unpaired) electrons. The Hall–Kier alpha value is -2.69.